The number of imidazole rings is 2. The number of carbonyl (C=O) groups is 4. The molecule has 4 atom stereocenters. The van der Waals surface area contributed by atoms with E-state index in [-0.39, 0.29) is 41.1 Å². The van der Waals surface area contributed by atoms with Crippen LogP contribution in [0.4, 0.5) is 9.59 Å². The first-order valence-corrected chi connectivity index (χ1v) is 25.4. The molecular formula is C55H70N8O6. The summed E-state index contributed by atoms with van der Waals surface area (Å²) in [6, 6.07) is 9.38. The maximum Gasteiger partial charge on any atom is 0.407 e. The molecule has 2 aromatic carbocycles. The Morgan fingerprint density at radius 3 is 2.06 bits per heavy atom. The molecular weight excluding hydrogens is 869 g/mol. The topological polar surface area (TPSA) is 175 Å². The lowest BCUT2D eigenvalue weighted by Gasteiger charge is -2.30. The van der Waals surface area contributed by atoms with Gasteiger partial charge < -0.3 is 39.9 Å². The van der Waals surface area contributed by atoms with Crippen molar-refractivity contribution in [3.8, 4) is 11.3 Å². The minimum atomic E-state index is -0.697. The van der Waals surface area contributed by atoms with Gasteiger partial charge in [-0.3, -0.25) is 9.59 Å². The summed E-state index contributed by atoms with van der Waals surface area (Å²) in [6.45, 7) is 13.2. The number of alkyl carbamates (subject to hydrolysis) is 2. The van der Waals surface area contributed by atoms with Crippen molar-refractivity contribution in [3.63, 3.8) is 0 Å². The molecule has 3 fully saturated rings. The third-order valence-electron chi connectivity index (χ3n) is 15.9. The van der Waals surface area contributed by atoms with Crippen molar-refractivity contribution >= 4 is 40.6 Å². The first-order chi connectivity index (χ1) is 33.3. The fourth-order valence-electron chi connectivity index (χ4n) is 12.5. The fourth-order valence-corrected chi connectivity index (χ4v) is 12.5. The summed E-state index contributed by atoms with van der Waals surface area (Å²) >= 11 is 0. The highest BCUT2D eigenvalue weighted by Crippen LogP contribution is 2.58. The van der Waals surface area contributed by atoms with Gasteiger partial charge in [0.05, 0.1) is 49.2 Å². The van der Waals surface area contributed by atoms with Crippen molar-refractivity contribution in [1.82, 2.24) is 40.4 Å². The van der Waals surface area contributed by atoms with Gasteiger partial charge >= 0.3 is 12.2 Å². The van der Waals surface area contributed by atoms with E-state index in [9.17, 15) is 19.2 Å². The first-order valence-electron chi connectivity index (χ1n) is 25.4. The van der Waals surface area contributed by atoms with Crippen LogP contribution in [0, 0.1) is 17.3 Å². The molecule has 14 nitrogen and oxygen atoms in total. The molecule has 4 heterocycles. The van der Waals surface area contributed by atoms with Gasteiger partial charge in [-0.2, -0.15) is 0 Å². The highest BCUT2D eigenvalue weighted by molar-refractivity contribution is 5.90. The summed E-state index contributed by atoms with van der Waals surface area (Å²) in [5.41, 5.74) is 13.7. The molecule has 4 amide bonds. The Labute approximate surface area is 406 Å². The van der Waals surface area contributed by atoms with Gasteiger partial charge in [0, 0.05) is 18.7 Å². The molecule has 366 valence electrons. The van der Waals surface area contributed by atoms with E-state index in [0.717, 1.165) is 98.1 Å². The summed E-state index contributed by atoms with van der Waals surface area (Å²) in [7, 11) is 2.62. The Bertz CT molecular complexity index is 2680. The molecule has 2 aliphatic heterocycles. The van der Waals surface area contributed by atoms with Gasteiger partial charge in [0.15, 0.2) is 0 Å². The van der Waals surface area contributed by atoms with Crippen LogP contribution in [-0.2, 0) is 38.3 Å². The van der Waals surface area contributed by atoms with E-state index < -0.39 is 24.3 Å². The number of aromatic amines is 2. The van der Waals surface area contributed by atoms with E-state index in [4.69, 9.17) is 19.4 Å². The summed E-state index contributed by atoms with van der Waals surface area (Å²) in [5, 5.41) is 5.51. The third-order valence-corrected chi connectivity index (χ3v) is 15.9. The standard InChI is InChI=1S/C55H70N8O6/c1-8-14-38(35-20-22-41-42(30-35)58-50(57-41)45-18-13-28-63(45)52(65)48(33(4)5)61-54(67)69-7)46-36(23-26-55(46)24-9-10-25-55)29-34-19-21-40(39-16-11-15-37(34)39)43-31-56-49(59-43)44-17-12-27-62(44)51(64)47(32(2)3)60-53(66)68-6/h8,14,19-22,30-33,44-45,47-48H,1,9-13,15-18,23-29H2,2-7H3,(H,56,59)(H,57,58)(H,60,66)(H,61,67)/b38-14-. The number of benzene rings is 2. The van der Waals surface area contributed by atoms with Crippen LogP contribution < -0.4 is 10.6 Å². The number of nitrogens with one attached hydrogen (secondary N) is 4. The number of hydrogen-bond acceptors (Lipinski definition) is 8. The molecule has 2 saturated heterocycles. The summed E-state index contributed by atoms with van der Waals surface area (Å²) in [6.07, 6.45) is 19.3. The Kier molecular flexibility index (Phi) is 13.9. The number of rotatable bonds is 14. The van der Waals surface area contributed by atoms with Crippen molar-refractivity contribution in [2.45, 2.75) is 142 Å². The van der Waals surface area contributed by atoms with Crippen LogP contribution in [0.1, 0.15) is 144 Å². The predicted molar refractivity (Wildman–Crippen MR) is 267 cm³/mol. The molecule has 4 N–H and O–H groups in total. The lowest BCUT2D eigenvalue weighted by Crippen LogP contribution is -2.51. The van der Waals surface area contributed by atoms with E-state index >= 15 is 0 Å². The second-order valence-corrected chi connectivity index (χ2v) is 20.7. The maximum absolute atomic E-state index is 13.9. The second-order valence-electron chi connectivity index (χ2n) is 20.7. The number of fused-ring (bicyclic) bond motifs is 2. The monoisotopic (exact) mass is 939 g/mol. The van der Waals surface area contributed by atoms with E-state index in [0.29, 0.717) is 13.1 Å². The Morgan fingerprint density at radius 2 is 1.43 bits per heavy atom. The fraction of sp³-hybridized carbons (Fsp3) is 0.527. The van der Waals surface area contributed by atoms with Crippen LogP contribution in [-0.4, -0.2) is 93.1 Å². The van der Waals surface area contributed by atoms with E-state index in [1.165, 1.54) is 78.9 Å². The molecule has 0 radical (unpaired) electrons. The lowest BCUT2D eigenvalue weighted by atomic mass is 9.74. The molecule has 1 spiro atoms. The van der Waals surface area contributed by atoms with Gasteiger partial charge in [0.2, 0.25) is 11.8 Å². The quantitative estimate of drug-likeness (QED) is 0.0904. The molecule has 4 aromatic rings. The van der Waals surface area contributed by atoms with Crippen molar-refractivity contribution in [1.29, 1.82) is 0 Å². The van der Waals surface area contributed by atoms with E-state index in [1.54, 1.807) is 0 Å². The lowest BCUT2D eigenvalue weighted by molar-refractivity contribution is -0.136. The van der Waals surface area contributed by atoms with Gasteiger partial charge in [-0.15, -0.1) is 0 Å². The first kappa shape index (κ1) is 47.9. The molecule has 1 saturated carbocycles. The SMILES string of the molecule is C=C/C=C(\C1=C(Cc2ccc(-c3cnc(C4CCCN4C(=O)C(NC(=O)OC)C(C)C)[nH]3)c3c2CCC3)CCC12CCCC2)c1ccc2nc(C3CCCN3C(=O)C(NC(=O)OC)C(C)C)[nH]c2c1. The van der Waals surface area contributed by atoms with E-state index in [2.05, 4.69) is 63.6 Å². The largest absolute Gasteiger partial charge is 0.453 e. The predicted octanol–water partition coefficient (Wildman–Crippen LogP) is 9.99. The number of likely N-dealkylation sites (tertiary alicyclic amines) is 2. The van der Waals surface area contributed by atoms with Crippen molar-refractivity contribution in [2.75, 3.05) is 27.3 Å². The second kappa shape index (κ2) is 20.0. The van der Waals surface area contributed by atoms with Crippen molar-refractivity contribution < 1.29 is 28.7 Å². The molecule has 9 rings (SSSR count). The average Bonchev–Trinajstić information content (AvgIpc) is 4.21. The van der Waals surface area contributed by atoms with Crippen LogP contribution in [0.15, 0.2) is 66.4 Å². The number of hydrogen-bond donors (Lipinski definition) is 4. The molecule has 5 aliphatic rings. The minimum Gasteiger partial charge on any atom is -0.453 e. The van der Waals surface area contributed by atoms with Gasteiger partial charge in [-0.1, -0.05) is 83.0 Å². The van der Waals surface area contributed by atoms with Crippen molar-refractivity contribution in [3.05, 3.63) is 100 Å². The van der Waals surface area contributed by atoms with Crippen LogP contribution in [0.5, 0.6) is 0 Å². The number of nitrogens with zero attached hydrogens (tertiary/aromatic N) is 4. The number of H-pyrrole nitrogens is 2. The zero-order chi connectivity index (χ0) is 48.6. The summed E-state index contributed by atoms with van der Waals surface area (Å²) in [5.74, 6) is 1.09. The smallest absolute Gasteiger partial charge is 0.407 e. The number of ether oxygens (including phenoxy) is 2. The molecule has 0 bridgehead atoms. The van der Waals surface area contributed by atoms with Crippen LogP contribution >= 0.6 is 0 Å². The zero-order valence-electron chi connectivity index (χ0n) is 41.3. The molecule has 14 heteroatoms. The van der Waals surface area contributed by atoms with Gasteiger partial charge in [0.1, 0.15) is 23.7 Å². The number of methoxy groups -OCH3 is 2. The molecule has 4 unspecified atom stereocenters. The molecule has 2 aromatic heterocycles. The van der Waals surface area contributed by atoms with Gasteiger partial charge in [-0.25, -0.2) is 19.6 Å². The molecule has 69 heavy (non-hydrogen) atoms. The van der Waals surface area contributed by atoms with Gasteiger partial charge in [-0.05, 0) is 140 Å². The highest BCUT2D eigenvalue weighted by atomic mass is 16.5. The number of allylic oxidation sites excluding steroid dienone is 5. The normalized spacial score (nSPS) is 20.9. The third kappa shape index (κ3) is 9.23. The van der Waals surface area contributed by atoms with Gasteiger partial charge in [0.25, 0.3) is 0 Å². The number of amides is 4. The summed E-state index contributed by atoms with van der Waals surface area (Å²) < 4.78 is 9.69. The van der Waals surface area contributed by atoms with Crippen molar-refractivity contribution in [2.24, 2.45) is 17.3 Å². The number of carbonyl (C=O) groups excluding carboxylic acids is 4. The maximum atomic E-state index is 13.9. The Balaban J connectivity index is 0.997. The van der Waals surface area contributed by atoms with Crippen LogP contribution in [0.2, 0.25) is 0 Å². The minimum absolute atomic E-state index is 0.103. The van der Waals surface area contributed by atoms with E-state index in [1.807, 2.05) is 49.8 Å². The zero-order valence-corrected chi connectivity index (χ0v) is 41.3. The molecule has 3 aliphatic carbocycles. The van der Waals surface area contributed by atoms with Crippen LogP contribution in [0.3, 0.4) is 0 Å². The average molecular weight is 939 g/mol. The Hall–Kier alpha value is -6.18. The number of aromatic nitrogens is 4. The summed E-state index contributed by atoms with van der Waals surface area (Å²) in [4.78, 5) is 73.1. The highest BCUT2D eigenvalue weighted by Gasteiger charge is 2.45. The Morgan fingerprint density at radius 1 is 0.797 bits per heavy atom. The van der Waals surface area contributed by atoms with Crippen LogP contribution in [0.25, 0.3) is 27.9 Å².